The summed E-state index contributed by atoms with van der Waals surface area (Å²) in [5.41, 5.74) is 5.62. The number of carbonyl (C=O) groups excluding carboxylic acids is 1. The fraction of sp³-hybridized carbons (Fsp3) is 0.333. The average Bonchev–Trinajstić information content (AvgIpc) is 2.66. The number of aryl methyl sites for hydroxylation is 1. The molecule has 0 saturated carbocycles. The van der Waals surface area contributed by atoms with Gasteiger partial charge in [0, 0.05) is 0 Å². The molecule has 5 heteroatoms. The topological polar surface area (TPSA) is 59.9 Å². The first-order valence-electron chi connectivity index (χ1n) is 8.72. The number of methoxy groups -OCH3 is 1. The minimum absolute atomic E-state index is 0.0817. The zero-order chi connectivity index (χ0) is 18.9. The van der Waals surface area contributed by atoms with Crippen molar-refractivity contribution in [1.29, 1.82) is 0 Å². The molecule has 26 heavy (non-hydrogen) atoms. The Morgan fingerprint density at radius 1 is 1.23 bits per heavy atom. The summed E-state index contributed by atoms with van der Waals surface area (Å²) in [6, 6.07) is 13.5. The van der Waals surface area contributed by atoms with Crippen molar-refractivity contribution in [1.82, 2.24) is 5.43 Å². The summed E-state index contributed by atoms with van der Waals surface area (Å²) in [5.74, 6) is 1.70. The van der Waals surface area contributed by atoms with Crippen LogP contribution in [0.5, 0.6) is 11.5 Å². The van der Waals surface area contributed by atoms with Crippen LogP contribution in [0.1, 0.15) is 42.9 Å². The maximum absolute atomic E-state index is 11.8. The monoisotopic (exact) mass is 354 g/mol. The first-order chi connectivity index (χ1) is 12.5. The summed E-state index contributed by atoms with van der Waals surface area (Å²) < 4.78 is 10.7. The van der Waals surface area contributed by atoms with Crippen LogP contribution in [0.2, 0.25) is 0 Å². The highest BCUT2D eigenvalue weighted by atomic mass is 16.5. The van der Waals surface area contributed by atoms with E-state index in [2.05, 4.69) is 24.4 Å². The molecule has 0 heterocycles. The Labute approximate surface area is 155 Å². The molecule has 1 unspecified atom stereocenters. The lowest BCUT2D eigenvalue weighted by atomic mass is 9.99. The van der Waals surface area contributed by atoms with Gasteiger partial charge in [0.15, 0.2) is 6.61 Å². The van der Waals surface area contributed by atoms with Crippen LogP contribution < -0.4 is 14.9 Å². The number of ether oxygens (including phenoxy) is 2. The molecule has 138 valence electrons. The van der Waals surface area contributed by atoms with Crippen LogP contribution in [0.3, 0.4) is 0 Å². The highest BCUT2D eigenvalue weighted by molar-refractivity contribution is 5.83. The molecule has 2 rings (SSSR count). The average molecular weight is 354 g/mol. The van der Waals surface area contributed by atoms with E-state index in [1.807, 2.05) is 49.4 Å². The van der Waals surface area contributed by atoms with Crippen molar-refractivity contribution in [3.63, 3.8) is 0 Å². The molecule has 0 fully saturated rings. The number of hydrogen-bond acceptors (Lipinski definition) is 4. The number of nitrogens with zero attached hydrogens (tertiary/aromatic N) is 1. The van der Waals surface area contributed by atoms with Gasteiger partial charge in [0.1, 0.15) is 11.5 Å². The molecule has 0 aliphatic rings. The first kappa shape index (κ1) is 19.5. The molecule has 5 nitrogen and oxygen atoms in total. The van der Waals surface area contributed by atoms with Gasteiger partial charge in [-0.05, 0) is 66.3 Å². The summed E-state index contributed by atoms with van der Waals surface area (Å²) in [6.07, 6.45) is 2.68. The van der Waals surface area contributed by atoms with Gasteiger partial charge in [-0.3, -0.25) is 4.79 Å². The Kier molecular flexibility index (Phi) is 7.21. The Balaban J connectivity index is 1.80. The van der Waals surface area contributed by atoms with Crippen LogP contribution in [-0.2, 0) is 4.79 Å². The summed E-state index contributed by atoms with van der Waals surface area (Å²) >= 11 is 0. The van der Waals surface area contributed by atoms with Gasteiger partial charge in [0.2, 0.25) is 0 Å². The van der Waals surface area contributed by atoms with Crippen molar-refractivity contribution in [3.8, 4) is 11.5 Å². The predicted octanol–water partition coefficient (Wildman–Crippen LogP) is 4.05. The standard InChI is InChI=1S/C21H26N2O3/c1-5-15(2)18-7-9-19(10-8-18)26-14-21(24)23-22-13-17-6-11-20(25-4)16(3)12-17/h6-13,15H,5,14H2,1-4H3,(H,23,24)/b22-13+. The molecular weight excluding hydrogens is 328 g/mol. The predicted molar refractivity (Wildman–Crippen MR) is 104 cm³/mol. The molecule has 1 atom stereocenters. The molecule has 1 amide bonds. The smallest absolute Gasteiger partial charge is 0.277 e. The van der Waals surface area contributed by atoms with Crippen LogP contribution >= 0.6 is 0 Å². The van der Waals surface area contributed by atoms with Gasteiger partial charge in [0.25, 0.3) is 5.91 Å². The molecular formula is C21H26N2O3. The van der Waals surface area contributed by atoms with Crippen LogP contribution in [0.15, 0.2) is 47.6 Å². The van der Waals surface area contributed by atoms with Gasteiger partial charge in [-0.1, -0.05) is 26.0 Å². The Morgan fingerprint density at radius 2 is 1.96 bits per heavy atom. The minimum atomic E-state index is -0.308. The van der Waals surface area contributed by atoms with Crippen molar-refractivity contribution in [3.05, 3.63) is 59.2 Å². The molecule has 0 saturated heterocycles. The van der Waals surface area contributed by atoms with E-state index in [-0.39, 0.29) is 12.5 Å². The first-order valence-corrected chi connectivity index (χ1v) is 8.72. The van der Waals surface area contributed by atoms with Crippen molar-refractivity contribution in [2.75, 3.05) is 13.7 Å². The van der Waals surface area contributed by atoms with Crippen molar-refractivity contribution < 1.29 is 14.3 Å². The van der Waals surface area contributed by atoms with Crippen molar-refractivity contribution >= 4 is 12.1 Å². The van der Waals surface area contributed by atoms with E-state index in [9.17, 15) is 4.79 Å². The second kappa shape index (κ2) is 9.61. The van der Waals surface area contributed by atoms with E-state index in [0.717, 1.165) is 23.3 Å². The third-order valence-corrected chi connectivity index (χ3v) is 4.25. The van der Waals surface area contributed by atoms with Gasteiger partial charge >= 0.3 is 0 Å². The summed E-state index contributed by atoms with van der Waals surface area (Å²) in [5, 5.41) is 3.95. The van der Waals surface area contributed by atoms with Gasteiger partial charge < -0.3 is 9.47 Å². The number of amides is 1. The summed E-state index contributed by atoms with van der Waals surface area (Å²) in [7, 11) is 1.63. The maximum atomic E-state index is 11.8. The molecule has 2 aromatic carbocycles. The number of nitrogens with one attached hydrogen (secondary N) is 1. The Morgan fingerprint density at radius 3 is 2.58 bits per heavy atom. The second-order valence-electron chi connectivity index (χ2n) is 6.19. The third kappa shape index (κ3) is 5.62. The van der Waals surface area contributed by atoms with E-state index in [0.29, 0.717) is 11.7 Å². The Hall–Kier alpha value is -2.82. The van der Waals surface area contributed by atoms with Crippen molar-refractivity contribution in [2.24, 2.45) is 5.10 Å². The largest absolute Gasteiger partial charge is 0.496 e. The fourth-order valence-electron chi connectivity index (χ4n) is 2.47. The zero-order valence-electron chi connectivity index (χ0n) is 15.8. The number of rotatable bonds is 8. The molecule has 2 aromatic rings. The lowest BCUT2D eigenvalue weighted by Crippen LogP contribution is -2.24. The highest BCUT2D eigenvalue weighted by Gasteiger charge is 2.05. The normalized spacial score (nSPS) is 12.0. The van der Waals surface area contributed by atoms with Gasteiger partial charge in [-0.25, -0.2) is 5.43 Å². The summed E-state index contributed by atoms with van der Waals surface area (Å²) in [6.45, 7) is 6.22. The van der Waals surface area contributed by atoms with E-state index in [1.54, 1.807) is 13.3 Å². The molecule has 0 radical (unpaired) electrons. The van der Waals surface area contributed by atoms with E-state index >= 15 is 0 Å². The third-order valence-electron chi connectivity index (χ3n) is 4.25. The van der Waals surface area contributed by atoms with Gasteiger partial charge in [-0.15, -0.1) is 0 Å². The van der Waals surface area contributed by atoms with E-state index in [4.69, 9.17) is 9.47 Å². The minimum Gasteiger partial charge on any atom is -0.496 e. The maximum Gasteiger partial charge on any atom is 0.277 e. The number of hydrazone groups is 1. The van der Waals surface area contributed by atoms with Crippen molar-refractivity contribution in [2.45, 2.75) is 33.1 Å². The SMILES string of the molecule is CCC(C)c1ccc(OCC(=O)N/N=C/c2ccc(OC)c(C)c2)cc1. The molecule has 0 spiro atoms. The zero-order valence-corrected chi connectivity index (χ0v) is 15.8. The summed E-state index contributed by atoms with van der Waals surface area (Å²) in [4.78, 5) is 11.8. The van der Waals surface area contributed by atoms with Crippen LogP contribution in [0.4, 0.5) is 0 Å². The van der Waals surface area contributed by atoms with E-state index in [1.165, 1.54) is 5.56 Å². The lowest BCUT2D eigenvalue weighted by molar-refractivity contribution is -0.123. The molecule has 0 aromatic heterocycles. The number of hydrogen-bond donors (Lipinski definition) is 1. The van der Waals surface area contributed by atoms with Crippen LogP contribution in [0, 0.1) is 6.92 Å². The quantitative estimate of drug-likeness (QED) is 0.575. The molecule has 0 bridgehead atoms. The van der Waals surface area contributed by atoms with Gasteiger partial charge in [0.05, 0.1) is 13.3 Å². The van der Waals surface area contributed by atoms with Crippen LogP contribution in [-0.4, -0.2) is 25.8 Å². The number of carbonyl (C=O) groups is 1. The lowest BCUT2D eigenvalue weighted by Gasteiger charge is -2.10. The van der Waals surface area contributed by atoms with Crippen LogP contribution in [0.25, 0.3) is 0 Å². The van der Waals surface area contributed by atoms with Gasteiger partial charge in [-0.2, -0.15) is 5.10 Å². The Bertz CT molecular complexity index is 754. The number of benzene rings is 2. The molecule has 1 N–H and O–H groups in total. The fourth-order valence-corrected chi connectivity index (χ4v) is 2.47. The van der Waals surface area contributed by atoms with E-state index < -0.39 is 0 Å². The molecule has 0 aliphatic carbocycles. The second-order valence-corrected chi connectivity index (χ2v) is 6.19. The molecule has 0 aliphatic heterocycles. The highest BCUT2D eigenvalue weighted by Crippen LogP contribution is 2.21.